The lowest BCUT2D eigenvalue weighted by Gasteiger charge is -2.22. The lowest BCUT2D eigenvalue weighted by molar-refractivity contribution is 0.0764. The number of aromatic nitrogens is 2. The van der Waals surface area contributed by atoms with Crippen LogP contribution in [0.15, 0.2) is 34.7 Å². The molecule has 1 saturated heterocycles. The largest absolute Gasteiger partial charge is 0.459 e. The minimum atomic E-state index is -0.228. The molecule has 3 heterocycles. The number of fused-ring (bicyclic) bond motifs is 1. The van der Waals surface area contributed by atoms with Gasteiger partial charge in [-0.2, -0.15) is 0 Å². The number of amides is 1. The van der Waals surface area contributed by atoms with Gasteiger partial charge in [-0.15, -0.1) is 0 Å². The van der Waals surface area contributed by atoms with E-state index in [4.69, 9.17) is 10.2 Å². The highest BCUT2D eigenvalue weighted by Gasteiger charge is 2.25. The molecule has 4 rings (SSSR count). The summed E-state index contributed by atoms with van der Waals surface area (Å²) in [6, 6.07) is 9.90. The van der Waals surface area contributed by atoms with Crippen molar-refractivity contribution in [1.82, 2.24) is 14.9 Å². The topological polar surface area (TPSA) is 88.5 Å². The van der Waals surface area contributed by atoms with Crippen LogP contribution < -0.4 is 10.6 Å². The van der Waals surface area contributed by atoms with Crippen molar-refractivity contribution in [1.29, 1.82) is 0 Å². The summed E-state index contributed by atoms with van der Waals surface area (Å²) in [7, 11) is 1.74. The Labute approximate surface area is 164 Å². The maximum Gasteiger partial charge on any atom is 0.291 e. The van der Waals surface area contributed by atoms with Gasteiger partial charge < -0.3 is 20.0 Å². The van der Waals surface area contributed by atoms with E-state index < -0.39 is 0 Å². The van der Waals surface area contributed by atoms with Crippen molar-refractivity contribution in [2.45, 2.75) is 32.9 Å². The van der Waals surface area contributed by atoms with Gasteiger partial charge >= 0.3 is 0 Å². The second kappa shape index (κ2) is 7.24. The monoisotopic (exact) mass is 379 g/mol. The number of nitrogens with two attached hydrogens (primary N) is 1. The average molecular weight is 379 g/mol. The smallest absolute Gasteiger partial charge is 0.291 e. The van der Waals surface area contributed by atoms with Gasteiger partial charge in [0.1, 0.15) is 17.2 Å². The maximum absolute atomic E-state index is 13.0. The summed E-state index contributed by atoms with van der Waals surface area (Å²) in [4.78, 5) is 25.7. The van der Waals surface area contributed by atoms with Crippen LogP contribution in [0.5, 0.6) is 0 Å². The molecular weight excluding hydrogens is 354 g/mol. The van der Waals surface area contributed by atoms with Gasteiger partial charge in [0.15, 0.2) is 0 Å². The van der Waals surface area contributed by atoms with Crippen molar-refractivity contribution in [3.8, 4) is 0 Å². The molecular formula is C21H25N5O2. The minimum absolute atomic E-state index is 0.143. The van der Waals surface area contributed by atoms with E-state index in [1.807, 2.05) is 44.2 Å². The zero-order chi connectivity index (χ0) is 19.8. The summed E-state index contributed by atoms with van der Waals surface area (Å²) in [6.45, 7) is 5.85. The van der Waals surface area contributed by atoms with Crippen LogP contribution in [0.3, 0.4) is 0 Å². The van der Waals surface area contributed by atoms with Gasteiger partial charge in [-0.1, -0.05) is 18.2 Å². The number of furan rings is 1. The van der Waals surface area contributed by atoms with Crippen molar-refractivity contribution in [2.24, 2.45) is 5.73 Å². The van der Waals surface area contributed by atoms with Gasteiger partial charge in [0, 0.05) is 42.8 Å². The molecule has 1 fully saturated rings. The van der Waals surface area contributed by atoms with Crippen LogP contribution in [0.2, 0.25) is 0 Å². The average Bonchev–Trinajstić information content (AvgIpc) is 3.28. The normalized spacial score (nSPS) is 16.7. The summed E-state index contributed by atoms with van der Waals surface area (Å²) < 4.78 is 5.83. The molecule has 0 unspecified atom stereocenters. The van der Waals surface area contributed by atoms with E-state index in [2.05, 4.69) is 14.9 Å². The predicted molar refractivity (Wildman–Crippen MR) is 108 cm³/mol. The lowest BCUT2D eigenvalue weighted by Crippen LogP contribution is -2.31. The quantitative estimate of drug-likeness (QED) is 0.750. The predicted octanol–water partition coefficient (Wildman–Crippen LogP) is 2.65. The third-order valence-electron chi connectivity index (χ3n) is 5.30. The number of nitrogens with zero attached hydrogens (tertiary/aromatic N) is 4. The van der Waals surface area contributed by atoms with Gasteiger partial charge in [0.25, 0.3) is 5.91 Å². The molecule has 3 aromatic rings. The molecule has 1 aromatic carbocycles. The molecule has 2 N–H and O–H groups in total. The molecule has 0 saturated carbocycles. The molecule has 1 aliphatic rings. The molecule has 0 radical (unpaired) electrons. The van der Waals surface area contributed by atoms with Crippen molar-refractivity contribution in [3.05, 3.63) is 53.2 Å². The standard InChI is InChI=1S/C21H25N5O2/c1-13-14(2)23-19(24-20(13)26-9-8-16(22)11-26)21(27)25(3)12-17-10-15-6-4-5-7-18(15)28-17/h4-7,10,16H,8-9,11-12,22H2,1-3H3/t16-/m1/s1. The molecule has 0 spiro atoms. The zero-order valence-electron chi connectivity index (χ0n) is 16.5. The third kappa shape index (κ3) is 3.45. The molecule has 28 heavy (non-hydrogen) atoms. The fourth-order valence-electron chi connectivity index (χ4n) is 3.59. The SMILES string of the molecule is Cc1nc(C(=O)N(C)Cc2cc3ccccc3o2)nc(N2CC[C@@H](N)C2)c1C. The number of hydrogen-bond donors (Lipinski definition) is 1. The van der Waals surface area contributed by atoms with Crippen LogP contribution in [-0.4, -0.2) is 47.0 Å². The van der Waals surface area contributed by atoms with Gasteiger partial charge in [-0.25, -0.2) is 9.97 Å². The van der Waals surface area contributed by atoms with Crippen LogP contribution in [0.1, 0.15) is 34.1 Å². The van der Waals surface area contributed by atoms with Crippen molar-refractivity contribution in [3.63, 3.8) is 0 Å². The van der Waals surface area contributed by atoms with Crippen LogP contribution in [0, 0.1) is 13.8 Å². The number of hydrogen-bond acceptors (Lipinski definition) is 6. The first-order chi connectivity index (χ1) is 13.4. The van der Waals surface area contributed by atoms with Crippen LogP contribution in [0.4, 0.5) is 5.82 Å². The minimum Gasteiger partial charge on any atom is -0.459 e. The maximum atomic E-state index is 13.0. The second-order valence-electron chi connectivity index (χ2n) is 7.49. The van der Waals surface area contributed by atoms with Crippen molar-refractivity contribution >= 4 is 22.7 Å². The summed E-state index contributed by atoms with van der Waals surface area (Å²) in [5, 5.41) is 1.02. The Bertz CT molecular complexity index is 996. The van der Waals surface area contributed by atoms with E-state index in [-0.39, 0.29) is 17.8 Å². The van der Waals surface area contributed by atoms with Crippen molar-refractivity contribution in [2.75, 3.05) is 25.0 Å². The third-order valence-corrected chi connectivity index (χ3v) is 5.30. The lowest BCUT2D eigenvalue weighted by atomic mass is 10.2. The van der Waals surface area contributed by atoms with Gasteiger partial charge in [0.05, 0.1) is 6.54 Å². The highest BCUT2D eigenvalue weighted by molar-refractivity contribution is 5.91. The number of carbonyl (C=O) groups is 1. The molecule has 1 aliphatic heterocycles. The zero-order valence-corrected chi connectivity index (χ0v) is 16.5. The van der Waals surface area contributed by atoms with E-state index in [0.717, 1.165) is 53.3 Å². The molecule has 1 amide bonds. The first-order valence-corrected chi connectivity index (χ1v) is 9.51. The second-order valence-corrected chi connectivity index (χ2v) is 7.49. The Morgan fingerprint density at radius 2 is 2.11 bits per heavy atom. The summed E-state index contributed by atoms with van der Waals surface area (Å²) in [6.07, 6.45) is 0.928. The number of carbonyl (C=O) groups excluding carboxylic acids is 1. The Balaban J connectivity index is 1.57. The first-order valence-electron chi connectivity index (χ1n) is 9.51. The first kappa shape index (κ1) is 18.4. The highest BCUT2D eigenvalue weighted by Crippen LogP contribution is 2.24. The fourth-order valence-corrected chi connectivity index (χ4v) is 3.59. The molecule has 7 nitrogen and oxygen atoms in total. The highest BCUT2D eigenvalue weighted by atomic mass is 16.3. The van der Waals surface area contributed by atoms with E-state index in [9.17, 15) is 4.79 Å². The van der Waals surface area contributed by atoms with Crippen LogP contribution >= 0.6 is 0 Å². The van der Waals surface area contributed by atoms with E-state index >= 15 is 0 Å². The van der Waals surface area contributed by atoms with E-state index in [1.54, 1.807) is 11.9 Å². The Kier molecular flexibility index (Phi) is 4.77. The number of aryl methyl sites for hydroxylation is 1. The van der Waals surface area contributed by atoms with Gasteiger partial charge in [-0.05, 0) is 32.4 Å². The number of rotatable bonds is 4. The number of para-hydroxylation sites is 1. The molecule has 7 heteroatoms. The van der Waals surface area contributed by atoms with E-state index in [1.165, 1.54) is 0 Å². The van der Waals surface area contributed by atoms with E-state index in [0.29, 0.717) is 6.54 Å². The molecule has 0 bridgehead atoms. The van der Waals surface area contributed by atoms with Gasteiger partial charge in [0.2, 0.25) is 5.82 Å². The summed E-state index contributed by atoms with van der Waals surface area (Å²) in [5.41, 5.74) is 8.66. The van der Waals surface area contributed by atoms with Crippen LogP contribution in [0.25, 0.3) is 11.0 Å². The number of anilines is 1. The molecule has 146 valence electrons. The van der Waals surface area contributed by atoms with Crippen molar-refractivity contribution < 1.29 is 9.21 Å². The molecule has 2 aromatic heterocycles. The summed E-state index contributed by atoms with van der Waals surface area (Å²) in [5.74, 6) is 1.51. The summed E-state index contributed by atoms with van der Waals surface area (Å²) >= 11 is 0. The molecule has 1 atom stereocenters. The fraction of sp³-hybridized carbons (Fsp3) is 0.381. The Morgan fingerprint density at radius 3 is 2.82 bits per heavy atom. The van der Waals surface area contributed by atoms with Gasteiger partial charge in [-0.3, -0.25) is 4.79 Å². The Hall–Kier alpha value is -2.93. The molecule has 0 aliphatic carbocycles. The Morgan fingerprint density at radius 1 is 1.32 bits per heavy atom. The van der Waals surface area contributed by atoms with Crippen LogP contribution in [-0.2, 0) is 6.54 Å². The number of benzene rings is 1.